The van der Waals surface area contributed by atoms with Crippen molar-refractivity contribution in [3.05, 3.63) is 27.7 Å². The van der Waals surface area contributed by atoms with Crippen molar-refractivity contribution in [3.8, 4) is 5.88 Å². The summed E-state index contributed by atoms with van der Waals surface area (Å²) in [5.74, 6) is -0.159. The molecule has 8 heteroatoms. The predicted molar refractivity (Wildman–Crippen MR) is 82.3 cm³/mol. The van der Waals surface area contributed by atoms with E-state index in [1.807, 2.05) is 0 Å². The van der Waals surface area contributed by atoms with Gasteiger partial charge < -0.3 is 19.8 Å². The van der Waals surface area contributed by atoms with E-state index in [0.29, 0.717) is 19.0 Å². The number of hydrogen-bond acceptors (Lipinski definition) is 6. The minimum atomic E-state index is -0.600. The number of aryl methyl sites for hydroxylation is 2. The third-order valence-electron chi connectivity index (χ3n) is 3.69. The van der Waals surface area contributed by atoms with Crippen molar-refractivity contribution in [2.75, 3.05) is 26.4 Å². The van der Waals surface area contributed by atoms with Crippen molar-refractivity contribution in [2.45, 2.75) is 26.3 Å². The summed E-state index contributed by atoms with van der Waals surface area (Å²) in [7, 11) is 0. The SMILES string of the molecule is Cc1nc2c(F)c(C)nc(OC[C@@H]3COCCCN3)c2c(=O)[nH]1. The molecule has 2 aromatic heterocycles. The zero-order valence-electron chi connectivity index (χ0n) is 13.1. The van der Waals surface area contributed by atoms with Gasteiger partial charge in [-0.15, -0.1) is 0 Å². The summed E-state index contributed by atoms with van der Waals surface area (Å²) in [5.41, 5.74) is -0.326. The Morgan fingerprint density at radius 2 is 2.22 bits per heavy atom. The van der Waals surface area contributed by atoms with Gasteiger partial charge >= 0.3 is 0 Å². The Balaban J connectivity index is 1.94. The first-order chi connectivity index (χ1) is 11.1. The van der Waals surface area contributed by atoms with Gasteiger partial charge in [0.1, 0.15) is 23.3 Å². The molecular weight excluding hydrogens is 303 g/mol. The lowest BCUT2D eigenvalue weighted by Gasteiger charge is -2.16. The van der Waals surface area contributed by atoms with Crippen molar-refractivity contribution < 1.29 is 13.9 Å². The summed E-state index contributed by atoms with van der Waals surface area (Å²) < 4.78 is 25.4. The molecule has 2 N–H and O–H groups in total. The lowest BCUT2D eigenvalue weighted by Crippen LogP contribution is -2.37. The maximum atomic E-state index is 14.2. The van der Waals surface area contributed by atoms with Crippen LogP contribution in [0.25, 0.3) is 10.9 Å². The molecule has 3 rings (SSSR count). The maximum Gasteiger partial charge on any atom is 0.264 e. The maximum absolute atomic E-state index is 14.2. The van der Waals surface area contributed by atoms with E-state index in [4.69, 9.17) is 9.47 Å². The lowest BCUT2D eigenvalue weighted by atomic mass is 10.2. The van der Waals surface area contributed by atoms with Gasteiger partial charge in [0.05, 0.1) is 18.3 Å². The zero-order chi connectivity index (χ0) is 16.4. The molecule has 1 aliphatic heterocycles. The van der Waals surface area contributed by atoms with Crippen molar-refractivity contribution in [1.82, 2.24) is 20.3 Å². The molecule has 0 aliphatic carbocycles. The molecule has 0 bridgehead atoms. The highest BCUT2D eigenvalue weighted by Crippen LogP contribution is 2.23. The molecule has 0 radical (unpaired) electrons. The van der Waals surface area contributed by atoms with E-state index < -0.39 is 11.4 Å². The molecule has 1 atom stereocenters. The zero-order valence-corrected chi connectivity index (χ0v) is 13.1. The summed E-state index contributed by atoms with van der Waals surface area (Å²) >= 11 is 0. The second-order valence-corrected chi connectivity index (χ2v) is 5.58. The van der Waals surface area contributed by atoms with Crippen LogP contribution in [0.4, 0.5) is 4.39 Å². The van der Waals surface area contributed by atoms with Gasteiger partial charge in [-0.3, -0.25) is 4.79 Å². The van der Waals surface area contributed by atoms with Crippen LogP contribution in [0.5, 0.6) is 5.88 Å². The van der Waals surface area contributed by atoms with Crippen molar-refractivity contribution in [2.24, 2.45) is 0 Å². The quantitative estimate of drug-likeness (QED) is 0.870. The number of aromatic nitrogens is 3. The van der Waals surface area contributed by atoms with Crippen molar-refractivity contribution in [3.63, 3.8) is 0 Å². The van der Waals surface area contributed by atoms with Crippen LogP contribution in [0.15, 0.2) is 4.79 Å². The van der Waals surface area contributed by atoms with Gasteiger partial charge in [0.15, 0.2) is 5.82 Å². The first-order valence-corrected chi connectivity index (χ1v) is 7.57. The van der Waals surface area contributed by atoms with E-state index in [0.717, 1.165) is 13.0 Å². The summed E-state index contributed by atoms with van der Waals surface area (Å²) in [4.78, 5) is 22.9. The van der Waals surface area contributed by atoms with Gasteiger partial charge in [-0.25, -0.2) is 14.4 Å². The molecule has 0 amide bonds. The average molecular weight is 322 g/mol. The first-order valence-electron chi connectivity index (χ1n) is 7.57. The molecule has 124 valence electrons. The summed E-state index contributed by atoms with van der Waals surface area (Å²) in [6.45, 7) is 5.47. The molecule has 23 heavy (non-hydrogen) atoms. The summed E-state index contributed by atoms with van der Waals surface area (Å²) in [6, 6.07) is -0.00259. The van der Waals surface area contributed by atoms with Gasteiger partial charge in [0.25, 0.3) is 5.56 Å². The highest BCUT2D eigenvalue weighted by atomic mass is 19.1. The Morgan fingerprint density at radius 1 is 1.39 bits per heavy atom. The number of halogens is 1. The first kappa shape index (κ1) is 15.8. The number of fused-ring (bicyclic) bond motifs is 1. The highest BCUT2D eigenvalue weighted by Gasteiger charge is 2.19. The third kappa shape index (κ3) is 3.32. The normalized spacial score (nSPS) is 18.8. The Labute approximate surface area is 132 Å². The van der Waals surface area contributed by atoms with Crippen LogP contribution < -0.4 is 15.6 Å². The molecule has 1 saturated heterocycles. The minimum absolute atomic E-state index is 0.00259. The molecule has 1 aliphatic rings. The van der Waals surface area contributed by atoms with Gasteiger partial charge in [0, 0.05) is 6.61 Å². The molecule has 0 spiro atoms. The Hall–Kier alpha value is -2.06. The smallest absolute Gasteiger partial charge is 0.264 e. The summed E-state index contributed by atoms with van der Waals surface area (Å²) in [5, 5.41) is 3.33. The number of aromatic amines is 1. The number of nitrogens with zero attached hydrogens (tertiary/aromatic N) is 2. The van der Waals surface area contributed by atoms with E-state index in [2.05, 4.69) is 20.3 Å². The number of hydrogen-bond donors (Lipinski definition) is 2. The monoisotopic (exact) mass is 322 g/mol. The van der Waals surface area contributed by atoms with E-state index in [9.17, 15) is 9.18 Å². The predicted octanol–water partition coefficient (Wildman–Crippen LogP) is 0.831. The van der Waals surface area contributed by atoms with Crippen LogP contribution in [-0.4, -0.2) is 47.4 Å². The fraction of sp³-hybridized carbons (Fsp3) is 0.533. The number of ether oxygens (including phenoxy) is 2. The Kier molecular flexibility index (Phi) is 4.53. The van der Waals surface area contributed by atoms with Crippen LogP contribution in [0.1, 0.15) is 17.9 Å². The number of H-pyrrole nitrogens is 1. The topological polar surface area (TPSA) is 89.1 Å². The number of pyridine rings is 1. The van der Waals surface area contributed by atoms with E-state index >= 15 is 0 Å². The second-order valence-electron chi connectivity index (χ2n) is 5.58. The van der Waals surface area contributed by atoms with E-state index in [1.165, 1.54) is 6.92 Å². The highest BCUT2D eigenvalue weighted by molar-refractivity contribution is 5.83. The van der Waals surface area contributed by atoms with E-state index in [1.54, 1.807) is 6.92 Å². The van der Waals surface area contributed by atoms with Crippen molar-refractivity contribution >= 4 is 10.9 Å². The molecule has 7 nitrogen and oxygen atoms in total. The van der Waals surface area contributed by atoms with Crippen LogP contribution >= 0.6 is 0 Å². The molecular formula is C15H19FN4O3. The standard InChI is InChI=1S/C15H19FN4O3/c1-8-12(16)13-11(14(21)20-9(2)19-13)15(18-8)23-7-10-6-22-5-3-4-17-10/h10,17H,3-7H2,1-2H3,(H,19,20,21)/t10-/m0/s1. The van der Waals surface area contributed by atoms with Gasteiger partial charge in [-0.2, -0.15) is 0 Å². The minimum Gasteiger partial charge on any atom is -0.475 e. The Bertz CT molecular complexity index is 769. The molecule has 2 aromatic rings. The van der Waals surface area contributed by atoms with Crippen LogP contribution in [0, 0.1) is 19.7 Å². The molecule has 0 saturated carbocycles. The van der Waals surface area contributed by atoms with Gasteiger partial charge in [-0.1, -0.05) is 0 Å². The fourth-order valence-electron chi connectivity index (χ4n) is 2.53. The summed E-state index contributed by atoms with van der Waals surface area (Å²) in [6.07, 6.45) is 0.941. The largest absolute Gasteiger partial charge is 0.475 e. The molecule has 1 fully saturated rings. The van der Waals surface area contributed by atoms with Gasteiger partial charge in [-0.05, 0) is 26.8 Å². The van der Waals surface area contributed by atoms with Crippen LogP contribution in [0.2, 0.25) is 0 Å². The Morgan fingerprint density at radius 3 is 3.04 bits per heavy atom. The van der Waals surface area contributed by atoms with Crippen LogP contribution in [0.3, 0.4) is 0 Å². The number of nitrogens with one attached hydrogen (secondary N) is 2. The lowest BCUT2D eigenvalue weighted by molar-refractivity contribution is 0.113. The second kappa shape index (κ2) is 6.59. The fourth-order valence-corrected chi connectivity index (χ4v) is 2.53. The number of rotatable bonds is 3. The molecule has 3 heterocycles. The third-order valence-corrected chi connectivity index (χ3v) is 3.69. The van der Waals surface area contributed by atoms with Crippen molar-refractivity contribution in [1.29, 1.82) is 0 Å². The average Bonchev–Trinajstić information content (AvgIpc) is 2.78. The van der Waals surface area contributed by atoms with Crippen LogP contribution in [-0.2, 0) is 4.74 Å². The van der Waals surface area contributed by atoms with E-state index in [-0.39, 0.29) is 35.1 Å². The molecule has 0 unspecified atom stereocenters. The molecule has 0 aromatic carbocycles. The van der Waals surface area contributed by atoms with Gasteiger partial charge in [0.2, 0.25) is 5.88 Å².